The van der Waals surface area contributed by atoms with Gasteiger partial charge in [0.25, 0.3) is 0 Å². The van der Waals surface area contributed by atoms with Crippen molar-refractivity contribution in [2.45, 2.75) is 93.7 Å². The number of ketones is 1. The molecule has 202 valence electrons. The number of amides is 2. The third kappa shape index (κ3) is 15.0. The first-order chi connectivity index (χ1) is 17.1. The third-order valence-corrected chi connectivity index (χ3v) is 4.59. The molecule has 0 aliphatic heterocycles. The molecule has 0 unspecified atom stereocenters. The molecule has 0 fully saturated rings. The van der Waals surface area contributed by atoms with Crippen LogP contribution in [-0.4, -0.2) is 50.4 Å². The molecule has 36 heavy (non-hydrogen) atoms. The Morgan fingerprint density at radius 2 is 1.58 bits per heavy atom. The van der Waals surface area contributed by atoms with Crippen molar-refractivity contribution < 1.29 is 14.4 Å². The van der Waals surface area contributed by atoms with Crippen molar-refractivity contribution in [3.63, 3.8) is 0 Å². The lowest BCUT2D eigenvalue weighted by molar-refractivity contribution is -0.129. The summed E-state index contributed by atoms with van der Waals surface area (Å²) >= 11 is 0. The second kappa shape index (κ2) is 19.1. The Labute approximate surface area is 216 Å². The van der Waals surface area contributed by atoms with Crippen LogP contribution in [0.15, 0.2) is 30.3 Å². The van der Waals surface area contributed by atoms with Gasteiger partial charge in [-0.25, -0.2) is 4.68 Å². The van der Waals surface area contributed by atoms with Gasteiger partial charge < -0.3 is 10.6 Å². The molecule has 0 radical (unpaired) electrons. The molecule has 2 N–H and O–H groups in total. The average Bonchev–Trinajstić information content (AvgIpc) is 3.29. The maximum atomic E-state index is 12.7. The van der Waals surface area contributed by atoms with Crippen LogP contribution in [-0.2, 0) is 33.8 Å². The fourth-order valence-electron chi connectivity index (χ4n) is 3.01. The van der Waals surface area contributed by atoms with Crippen molar-refractivity contribution in [3.8, 4) is 0 Å². The van der Waals surface area contributed by atoms with Gasteiger partial charge in [-0.3, -0.25) is 14.4 Å². The van der Waals surface area contributed by atoms with Gasteiger partial charge in [-0.05, 0) is 40.7 Å². The van der Waals surface area contributed by atoms with Crippen LogP contribution in [0.4, 0.5) is 0 Å². The lowest BCUT2D eigenvalue weighted by Crippen LogP contribution is -2.47. The first-order valence-electron chi connectivity index (χ1n) is 13.0. The molecule has 1 aromatic heterocycles. The molecular formula is C27H46N6O3. The first-order valence-corrected chi connectivity index (χ1v) is 13.0. The van der Waals surface area contributed by atoms with Gasteiger partial charge >= 0.3 is 0 Å². The molecule has 0 saturated carbocycles. The molecule has 0 bridgehead atoms. The fraction of sp³-hybridized carbons (Fsp3) is 0.630. The molecule has 1 atom stereocenters. The van der Waals surface area contributed by atoms with Gasteiger partial charge in [-0.1, -0.05) is 85.7 Å². The molecule has 9 nitrogen and oxygen atoms in total. The van der Waals surface area contributed by atoms with E-state index >= 15 is 0 Å². The van der Waals surface area contributed by atoms with E-state index in [0.717, 1.165) is 11.5 Å². The Hall–Kier alpha value is -3.10. The molecule has 9 heteroatoms. The highest BCUT2D eigenvalue weighted by Gasteiger charge is 2.23. The Balaban J connectivity index is 0.00000185. The minimum atomic E-state index is -0.660. The number of hydrogen-bond acceptors (Lipinski definition) is 6. The van der Waals surface area contributed by atoms with Gasteiger partial charge in [0.1, 0.15) is 6.54 Å². The molecule has 2 aromatic rings. The van der Waals surface area contributed by atoms with E-state index in [4.69, 9.17) is 0 Å². The van der Waals surface area contributed by atoms with Crippen molar-refractivity contribution >= 4 is 17.6 Å². The average molecular weight is 503 g/mol. The largest absolute Gasteiger partial charge is 0.347 e. The summed E-state index contributed by atoms with van der Waals surface area (Å²) in [5.41, 5.74) is 1.06. The molecule has 1 heterocycles. The van der Waals surface area contributed by atoms with Gasteiger partial charge in [0, 0.05) is 12.8 Å². The van der Waals surface area contributed by atoms with Gasteiger partial charge in [0.2, 0.25) is 11.8 Å². The van der Waals surface area contributed by atoms with Crippen LogP contribution in [0.2, 0.25) is 0 Å². The maximum Gasteiger partial charge on any atom is 0.239 e. The first kappa shape index (κ1) is 32.9. The monoisotopic (exact) mass is 502 g/mol. The van der Waals surface area contributed by atoms with E-state index in [1.165, 1.54) is 4.68 Å². The van der Waals surface area contributed by atoms with Gasteiger partial charge in [0.15, 0.2) is 11.6 Å². The molecule has 2 rings (SSSR count). The van der Waals surface area contributed by atoms with Crippen molar-refractivity contribution in [1.29, 1.82) is 0 Å². The number of hydrogen-bond donors (Lipinski definition) is 2. The molecule has 2 amide bonds. The van der Waals surface area contributed by atoms with E-state index in [0.29, 0.717) is 31.5 Å². The van der Waals surface area contributed by atoms with Crippen molar-refractivity contribution in [2.75, 3.05) is 6.54 Å². The SMILES string of the molecule is CC.CC(C)C.CCc1nnnn1CC(=O)[C@H](CC(C)C)NC(=O)CNC(=O)CCc1ccccc1. The lowest BCUT2D eigenvalue weighted by Gasteiger charge is -2.20. The molecule has 0 aliphatic carbocycles. The molecule has 0 saturated heterocycles. The number of aromatic nitrogens is 4. The summed E-state index contributed by atoms with van der Waals surface area (Å²) in [5, 5.41) is 16.7. The lowest BCUT2D eigenvalue weighted by atomic mass is 10.00. The molecular weight excluding hydrogens is 456 g/mol. The summed E-state index contributed by atoms with van der Waals surface area (Å²) in [7, 11) is 0. The predicted octanol–water partition coefficient (Wildman–Crippen LogP) is 3.77. The Morgan fingerprint density at radius 3 is 2.14 bits per heavy atom. The molecule has 1 aromatic carbocycles. The smallest absolute Gasteiger partial charge is 0.239 e. The summed E-state index contributed by atoms with van der Waals surface area (Å²) in [6.07, 6.45) is 2.01. The minimum Gasteiger partial charge on any atom is -0.347 e. The fourth-order valence-corrected chi connectivity index (χ4v) is 3.01. The third-order valence-electron chi connectivity index (χ3n) is 4.59. The molecule has 0 aliphatic rings. The van der Waals surface area contributed by atoms with E-state index < -0.39 is 11.9 Å². The number of Topliss-reactive ketones (excluding diaryl/α,β-unsaturated/α-hetero) is 1. The summed E-state index contributed by atoms with van der Waals surface area (Å²) in [4.78, 5) is 37.1. The van der Waals surface area contributed by atoms with E-state index in [9.17, 15) is 14.4 Å². The predicted molar refractivity (Wildman–Crippen MR) is 143 cm³/mol. The number of benzene rings is 1. The van der Waals surface area contributed by atoms with Crippen molar-refractivity contribution in [3.05, 3.63) is 41.7 Å². The van der Waals surface area contributed by atoms with E-state index in [2.05, 4.69) is 46.9 Å². The topological polar surface area (TPSA) is 119 Å². The zero-order chi connectivity index (χ0) is 27.5. The van der Waals surface area contributed by atoms with Crippen molar-refractivity contribution in [2.24, 2.45) is 11.8 Å². The van der Waals surface area contributed by atoms with Crippen LogP contribution >= 0.6 is 0 Å². The standard InChI is InChI=1S/C21H30N6O3.C4H10.C2H6/c1-4-19-24-25-26-27(19)14-18(28)17(12-15(2)3)23-21(30)13-22-20(29)11-10-16-8-6-5-7-9-16;1-4(2)3;1-2/h5-9,15,17H,4,10-14H2,1-3H3,(H,22,29)(H,23,30);4H,1-3H3;1-2H3/t17-;;/m0../s1. The summed E-state index contributed by atoms with van der Waals surface area (Å²) in [6, 6.07) is 9.02. The minimum absolute atomic E-state index is 0.00270. The number of nitrogens with one attached hydrogen (secondary N) is 2. The zero-order valence-electron chi connectivity index (χ0n) is 23.4. The van der Waals surface area contributed by atoms with Crippen LogP contribution < -0.4 is 10.6 Å². The van der Waals surface area contributed by atoms with Gasteiger partial charge in [-0.2, -0.15) is 0 Å². The van der Waals surface area contributed by atoms with Crippen LogP contribution in [0.1, 0.15) is 79.6 Å². The second-order valence-corrected chi connectivity index (χ2v) is 9.32. The number of nitrogens with zero attached hydrogens (tertiary/aromatic N) is 4. The maximum absolute atomic E-state index is 12.7. The van der Waals surface area contributed by atoms with Crippen LogP contribution in [0.25, 0.3) is 0 Å². The number of carbonyl (C=O) groups is 3. The second-order valence-electron chi connectivity index (χ2n) is 9.32. The highest BCUT2D eigenvalue weighted by atomic mass is 16.2. The number of aryl methyl sites for hydroxylation is 2. The summed E-state index contributed by atoms with van der Waals surface area (Å²) < 4.78 is 1.45. The normalized spacial score (nSPS) is 11.1. The highest BCUT2D eigenvalue weighted by molar-refractivity contribution is 5.91. The zero-order valence-corrected chi connectivity index (χ0v) is 23.4. The Kier molecular flexibility index (Phi) is 17.5. The van der Waals surface area contributed by atoms with E-state index in [1.807, 2.05) is 65.0 Å². The van der Waals surface area contributed by atoms with E-state index in [1.54, 1.807) is 0 Å². The highest BCUT2D eigenvalue weighted by Crippen LogP contribution is 2.08. The van der Waals surface area contributed by atoms with Gasteiger partial charge in [-0.15, -0.1) is 5.10 Å². The number of tetrazole rings is 1. The summed E-state index contributed by atoms with van der Waals surface area (Å²) in [5.74, 6) is 0.883. The van der Waals surface area contributed by atoms with E-state index in [-0.39, 0.29) is 30.7 Å². The summed E-state index contributed by atoms with van der Waals surface area (Å²) in [6.45, 7) is 16.2. The number of rotatable bonds is 12. The van der Waals surface area contributed by atoms with Crippen LogP contribution in [0.3, 0.4) is 0 Å². The molecule has 0 spiro atoms. The van der Waals surface area contributed by atoms with Gasteiger partial charge in [0.05, 0.1) is 12.6 Å². The quantitative estimate of drug-likeness (QED) is 0.456. The number of carbonyl (C=O) groups excluding carboxylic acids is 3. The van der Waals surface area contributed by atoms with Crippen molar-refractivity contribution in [1.82, 2.24) is 30.8 Å². The van der Waals surface area contributed by atoms with Crippen LogP contribution in [0.5, 0.6) is 0 Å². The Morgan fingerprint density at radius 1 is 0.972 bits per heavy atom. The Bertz CT molecular complexity index is 878. The van der Waals surface area contributed by atoms with Crippen LogP contribution in [0, 0.1) is 11.8 Å².